The molecule has 4 rings (SSSR count). The maximum absolute atomic E-state index is 12.9. The highest BCUT2D eigenvalue weighted by Gasteiger charge is 2.40. The van der Waals surface area contributed by atoms with E-state index in [0.717, 1.165) is 29.7 Å². The molecule has 6 nitrogen and oxygen atoms in total. The molecule has 2 aliphatic heterocycles. The van der Waals surface area contributed by atoms with E-state index in [4.69, 9.17) is 14.5 Å². The normalized spacial score (nSPS) is 20.1. The number of likely N-dealkylation sites (tertiary alicyclic amines) is 1. The first kappa shape index (κ1) is 16.5. The number of imidazole rings is 1. The van der Waals surface area contributed by atoms with Crippen LogP contribution >= 0.6 is 0 Å². The highest BCUT2D eigenvalue weighted by Crippen LogP contribution is 2.32. The van der Waals surface area contributed by atoms with E-state index < -0.39 is 5.79 Å². The second kappa shape index (κ2) is 6.11. The number of piperidine rings is 1. The van der Waals surface area contributed by atoms with Crippen LogP contribution in [0.3, 0.4) is 0 Å². The van der Waals surface area contributed by atoms with Crippen molar-refractivity contribution in [1.29, 1.82) is 0 Å². The van der Waals surface area contributed by atoms with Gasteiger partial charge in [-0.05, 0) is 18.2 Å². The fraction of sp³-hybridized carbons (Fsp3) is 0.579. The van der Waals surface area contributed by atoms with Crippen molar-refractivity contribution in [3.8, 4) is 0 Å². The van der Waals surface area contributed by atoms with Crippen LogP contribution in [0.2, 0.25) is 0 Å². The van der Waals surface area contributed by atoms with Crippen LogP contribution in [0.1, 0.15) is 48.8 Å². The third-order valence-corrected chi connectivity index (χ3v) is 5.30. The summed E-state index contributed by atoms with van der Waals surface area (Å²) in [5, 5.41) is 0. The van der Waals surface area contributed by atoms with Crippen molar-refractivity contribution in [2.24, 2.45) is 7.05 Å². The molecule has 0 N–H and O–H groups in total. The van der Waals surface area contributed by atoms with Crippen molar-refractivity contribution in [3.05, 3.63) is 29.6 Å². The van der Waals surface area contributed by atoms with E-state index in [9.17, 15) is 4.79 Å². The number of benzene rings is 1. The van der Waals surface area contributed by atoms with E-state index in [2.05, 4.69) is 18.4 Å². The summed E-state index contributed by atoms with van der Waals surface area (Å²) in [4.78, 5) is 19.5. The lowest BCUT2D eigenvalue weighted by Gasteiger charge is -2.37. The minimum Gasteiger partial charge on any atom is -0.347 e. The Balaban J connectivity index is 1.54. The molecule has 0 radical (unpaired) electrons. The summed E-state index contributed by atoms with van der Waals surface area (Å²) in [7, 11) is 2.03. The first-order valence-electron chi connectivity index (χ1n) is 9.03. The van der Waals surface area contributed by atoms with Gasteiger partial charge in [-0.2, -0.15) is 0 Å². The zero-order valence-corrected chi connectivity index (χ0v) is 15.1. The molecule has 6 heteroatoms. The molecule has 0 saturated carbocycles. The average Bonchev–Trinajstić information content (AvgIpc) is 3.20. The summed E-state index contributed by atoms with van der Waals surface area (Å²) >= 11 is 0. The molecule has 3 heterocycles. The molecular formula is C19H25N3O3. The number of amides is 1. The molecule has 134 valence electrons. The topological polar surface area (TPSA) is 56.6 Å². The Bertz CT molecular complexity index is 796. The van der Waals surface area contributed by atoms with Gasteiger partial charge in [-0.3, -0.25) is 4.79 Å². The van der Waals surface area contributed by atoms with E-state index in [0.29, 0.717) is 37.8 Å². The van der Waals surface area contributed by atoms with E-state index in [1.54, 1.807) is 0 Å². The lowest BCUT2D eigenvalue weighted by molar-refractivity contribution is -0.181. The summed E-state index contributed by atoms with van der Waals surface area (Å²) in [5.41, 5.74) is 2.64. The second-order valence-electron chi connectivity index (χ2n) is 7.29. The molecule has 1 spiro atoms. The van der Waals surface area contributed by atoms with Crippen LogP contribution in [0.5, 0.6) is 0 Å². The van der Waals surface area contributed by atoms with E-state index >= 15 is 0 Å². The quantitative estimate of drug-likeness (QED) is 0.841. The van der Waals surface area contributed by atoms with Gasteiger partial charge in [0.25, 0.3) is 5.91 Å². The molecule has 2 fully saturated rings. The Morgan fingerprint density at radius 2 is 1.88 bits per heavy atom. The van der Waals surface area contributed by atoms with Gasteiger partial charge >= 0.3 is 0 Å². The predicted octanol–water partition coefficient (Wildman–Crippen LogP) is 2.68. The third kappa shape index (κ3) is 2.83. The number of carbonyl (C=O) groups excluding carboxylic acids is 1. The lowest BCUT2D eigenvalue weighted by atomic mass is 10.0. The molecule has 2 saturated heterocycles. The number of rotatable bonds is 2. The molecule has 0 aliphatic carbocycles. The Morgan fingerprint density at radius 1 is 1.20 bits per heavy atom. The van der Waals surface area contributed by atoms with Crippen molar-refractivity contribution in [2.75, 3.05) is 26.3 Å². The zero-order valence-electron chi connectivity index (χ0n) is 15.1. The number of aryl methyl sites for hydroxylation is 1. The molecule has 0 bridgehead atoms. The maximum atomic E-state index is 12.9. The molecule has 0 atom stereocenters. The monoisotopic (exact) mass is 343 g/mol. The first-order valence-corrected chi connectivity index (χ1v) is 9.03. The number of carbonyl (C=O) groups is 1. The van der Waals surface area contributed by atoms with Gasteiger partial charge in [0, 0.05) is 44.5 Å². The molecule has 2 aliphatic rings. The first-order chi connectivity index (χ1) is 12.0. The number of ether oxygens (including phenoxy) is 2. The molecule has 2 aromatic rings. The fourth-order valence-corrected chi connectivity index (χ4v) is 3.89. The van der Waals surface area contributed by atoms with Gasteiger partial charge in [-0.15, -0.1) is 0 Å². The Morgan fingerprint density at radius 3 is 2.52 bits per heavy atom. The number of hydrogen-bond donors (Lipinski definition) is 0. The maximum Gasteiger partial charge on any atom is 0.253 e. The number of fused-ring (bicyclic) bond motifs is 1. The molecule has 25 heavy (non-hydrogen) atoms. The predicted molar refractivity (Wildman–Crippen MR) is 94.6 cm³/mol. The lowest BCUT2D eigenvalue weighted by Crippen LogP contribution is -2.47. The van der Waals surface area contributed by atoms with Crippen LogP contribution in [0, 0.1) is 0 Å². The highest BCUT2D eigenvalue weighted by molar-refractivity contribution is 5.97. The Labute approximate surface area is 147 Å². The van der Waals surface area contributed by atoms with Crippen molar-refractivity contribution >= 4 is 16.9 Å². The van der Waals surface area contributed by atoms with Gasteiger partial charge in [0.15, 0.2) is 5.79 Å². The summed E-state index contributed by atoms with van der Waals surface area (Å²) in [6.45, 7) is 6.89. The van der Waals surface area contributed by atoms with Crippen LogP contribution in [0.15, 0.2) is 18.2 Å². The van der Waals surface area contributed by atoms with Gasteiger partial charge < -0.3 is 18.9 Å². The summed E-state index contributed by atoms with van der Waals surface area (Å²) in [5.74, 6) is 0.997. The van der Waals surface area contributed by atoms with E-state index in [-0.39, 0.29) is 5.91 Å². The molecule has 1 aromatic heterocycles. The smallest absolute Gasteiger partial charge is 0.253 e. The van der Waals surface area contributed by atoms with Gasteiger partial charge in [-0.1, -0.05) is 13.8 Å². The molecule has 1 amide bonds. The van der Waals surface area contributed by atoms with E-state index in [1.807, 2.05) is 30.1 Å². The Kier molecular flexibility index (Phi) is 4.04. The number of nitrogens with zero attached hydrogens (tertiary/aromatic N) is 3. The largest absolute Gasteiger partial charge is 0.347 e. The average molecular weight is 343 g/mol. The van der Waals surface area contributed by atoms with Gasteiger partial charge in [-0.25, -0.2) is 4.98 Å². The standard InChI is InChI=1S/C19H25N3O3/c1-13(2)17-20-15-12-14(4-5-16(15)21(17)3)18(23)22-8-6-19(7-9-22)24-10-11-25-19/h4-5,12-13H,6-11H2,1-3H3. The van der Waals surface area contributed by atoms with Crippen LogP contribution < -0.4 is 0 Å². The van der Waals surface area contributed by atoms with Gasteiger partial charge in [0.1, 0.15) is 5.82 Å². The summed E-state index contributed by atoms with van der Waals surface area (Å²) < 4.78 is 13.6. The summed E-state index contributed by atoms with van der Waals surface area (Å²) in [6.07, 6.45) is 1.48. The van der Waals surface area contributed by atoms with Crippen molar-refractivity contribution in [1.82, 2.24) is 14.5 Å². The third-order valence-electron chi connectivity index (χ3n) is 5.30. The minimum atomic E-state index is -0.451. The van der Waals surface area contributed by atoms with Crippen molar-refractivity contribution < 1.29 is 14.3 Å². The van der Waals surface area contributed by atoms with Gasteiger partial charge in [0.2, 0.25) is 0 Å². The molecule has 0 unspecified atom stereocenters. The van der Waals surface area contributed by atoms with E-state index in [1.165, 1.54) is 0 Å². The Hall–Kier alpha value is -1.92. The van der Waals surface area contributed by atoms with Crippen molar-refractivity contribution in [2.45, 2.75) is 38.4 Å². The molecular weight excluding hydrogens is 318 g/mol. The molecule has 1 aromatic carbocycles. The summed E-state index contributed by atoms with van der Waals surface area (Å²) in [6, 6.07) is 5.82. The SMILES string of the molecule is CC(C)c1nc2cc(C(=O)N3CCC4(CC3)OCCO4)ccc2n1C. The zero-order chi connectivity index (χ0) is 17.6. The van der Waals surface area contributed by atoms with Crippen LogP contribution in [0.25, 0.3) is 11.0 Å². The fourth-order valence-electron chi connectivity index (χ4n) is 3.89. The number of aromatic nitrogens is 2. The van der Waals surface area contributed by atoms with Gasteiger partial charge in [0.05, 0.1) is 24.2 Å². The van der Waals surface area contributed by atoms with Crippen molar-refractivity contribution in [3.63, 3.8) is 0 Å². The number of hydrogen-bond acceptors (Lipinski definition) is 4. The highest BCUT2D eigenvalue weighted by atomic mass is 16.7. The van der Waals surface area contributed by atoms with Crippen LogP contribution in [-0.2, 0) is 16.5 Å². The minimum absolute atomic E-state index is 0.0616. The van der Waals surface area contributed by atoms with Crippen LogP contribution in [-0.4, -0.2) is 52.4 Å². The van der Waals surface area contributed by atoms with Crippen LogP contribution in [0.4, 0.5) is 0 Å². The second-order valence-corrected chi connectivity index (χ2v) is 7.29.